The SMILES string of the molecule is O=C(O)c1ccc(C(=O)c2ccc(Oc3ccc(C(=O)c4ccc(C(=O)c5ccc(Oc6ccc(C(=O)c7ccc(C(=O)O)cc7)cc6)cc5)cc4)cc3)cc2)cc1. The molecule has 0 fully saturated rings. The van der Waals surface area contributed by atoms with Crippen molar-refractivity contribution in [3.63, 3.8) is 0 Å². The molecule has 0 bridgehead atoms. The van der Waals surface area contributed by atoms with E-state index in [9.17, 15) is 28.8 Å². The number of carbonyl (C=O) groups excluding carboxylic acids is 4. The summed E-state index contributed by atoms with van der Waals surface area (Å²) in [6.45, 7) is 0. The molecule has 0 aliphatic rings. The van der Waals surface area contributed by atoms with Crippen LogP contribution in [0.5, 0.6) is 23.0 Å². The van der Waals surface area contributed by atoms with Crippen LogP contribution in [-0.4, -0.2) is 45.3 Å². The fourth-order valence-electron chi connectivity index (χ4n) is 5.94. The van der Waals surface area contributed by atoms with Crippen molar-refractivity contribution in [1.29, 1.82) is 0 Å². The van der Waals surface area contributed by atoms with Crippen molar-refractivity contribution in [3.8, 4) is 23.0 Å². The van der Waals surface area contributed by atoms with Gasteiger partial charge < -0.3 is 19.7 Å². The Morgan fingerprint density at radius 3 is 0.534 bits per heavy atom. The maximum Gasteiger partial charge on any atom is 0.335 e. The van der Waals surface area contributed by atoms with Gasteiger partial charge >= 0.3 is 11.9 Å². The summed E-state index contributed by atoms with van der Waals surface area (Å²) in [4.78, 5) is 74.2. The molecule has 10 nitrogen and oxygen atoms in total. The van der Waals surface area contributed by atoms with E-state index in [1.807, 2.05) is 0 Å². The Labute approximate surface area is 331 Å². The van der Waals surface area contributed by atoms with Gasteiger partial charge in [0.05, 0.1) is 11.1 Å². The van der Waals surface area contributed by atoms with Gasteiger partial charge in [-0.15, -0.1) is 0 Å². The fraction of sp³-hybridized carbons (Fsp3) is 0. The Bertz CT molecular complexity index is 2470. The van der Waals surface area contributed by atoms with Crippen LogP contribution < -0.4 is 9.47 Å². The molecule has 10 heteroatoms. The molecule has 0 atom stereocenters. The van der Waals surface area contributed by atoms with E-state index in [1.165, 1.54) is 48.5 Å². The third-order valence-corrected chi connectivity index (χ3v) is 9.13. The minimum Gasteiger partial charge on any atom is -0.478 e. The number of benzene rings is 7. The maximum atomic E-state index is 13.2. The number of rotatable bonds is 14. The number of hydrogen-bond acceptors (Lipinski definition) is 8. The zero-order chi connectivity index (χ0) is 40.8. The normalized spacial score (nSPS) is 10.6. The average Bonchev–Trinajstić information content (AvgIpc) is 3.26. The van der Waals surface area contributed by atoms with E-state index in [4.69, 9.17) is 19.7 Å². The number of carboxylic acids is 2. The highest BCUT2D eigenvalue weighted by Crippen LogP contribution is 2.26. The molecule has 7 aromatic rings. The van der Waals surface area contributed by atoms with Crippen molar-refractivity contribution in [2.45, 2.75) is 0 Å². The van der Waals surface area contributed by atoms with Crippen molar-refractivity contribution in [2.75, 3.05) is 0 Å². The van der Waals surface area contributed by atoms with Gasteiger partial charge in [0.15, 0.2) is 23.1 Å². The van der Waals surface area contributed by atoms with E-state index in [2.05, 4.69) is 0 Å². The summed E-state index contributed by atoms with van der Waals surface area (Å²) in [7, 11) is 0. The highest BCUT2D eigenvalue weighted by atomic mass is 16.5. The summed E-state index contributed by atoms with van der Waals surface area (Å²) < 4.78 is 11.8. The minimum absolute atomic E-state index is 0.0939. The van der Waals surface area contributed by atoms with Gasteiger partial charge in [0.2, 0.25) is 0 Å². The molecular formula is C48H30O10. The van der Waals surface area contributed by atoms with Crippen LogP contribution in [0.1, 0.15) is 84.4 Å². The topological polar surface area (TPSA) is 161 Å². The highest BCUT2D eigenvalue weighted by molar-refractivity contribution is 6.12. The summed E-state index contributed by atoms with van der Waals surface area (Å²) in [5, 5.41) is 18.1. The number of ether oxygens (including phenoxy) is 2. The van der Waals surface area contributed by atoms with E-state index in [1.54, 1.807) is 121 Å². The van der Waals surface area contributed by atoms with Gasteiger partial charge in [0.1, 0.15) is 23.0 Å². The summed E-state index contributed by atoms with van der Waals surface area (Å²) in [5.41, 5.74) is 3.38. The van der Waals surface area contributed by atoms with Crippen molar-refractivity contribution in [1.82, 2.24) is 0 Å². The highest BCUT2D eigenvalue weighted by Gasteiger charge is 2.15. The second-order valence-electron chi connectivity index (χ2n) is 13.0. The quantitative estimate of drug-likeness (QED) is 0.102. The maximum absolute atomic E-state index is 13.2. The standard InChI is InChI=1S/C48H30O10/c49-43(33-13-21-39(22-14-33)57-41-25-17-35(18-26-41)45(51)31-5-9-37(10-6-31)47(53)54)29-1-2-30(4-3-29)44(50)34-15-23-40(24-16-34)58-42-27-19-36(20-28-42)46(52)32-7-11-38(12-8-32)48(55)56/h1-28H,(H,53,54)(H,55,56). The molecule has 7 aromatic carbocycles. The predicted molar refractivity (Wildman–Crippen MR) is 213 cm³/mol. The van der Waals surface area contributed by atoms with Gasteiger partial charge in [0, 0.05) is 44.5 Å². The molecule has 0 unspecified atom stereocenters. The van der Waals surface area contributed by atoms with Crippen LogP contribution in [-0.2, 0) is 0 Å². The van der Waals surface area contributed by atoms with Crippen LogP contribution in [0.4, 0.5) is 0 Å². The van der Waals surface area contributed by atoms with Gasteiger partial charge in [-0.05, 0) is 121 Å². The molecule has 0 radical (unpaired) electrons. The molecule has 0 aromatic heterocycles. The molecule has 0 amide bonds. The fourth-order valence-corrected chi connectivity index (χ4v) is 5.94. The zero-order valence-electron chi connectivity index (χ0n) is 30.3. The van der Waals surface area contributed by atoms with Crippen molar-refractivity contribution < 1.29 is 48.5 Å². The lowest BCUT2D eigenvalue weighted by molar-refractivity contribution is 0.0686. The van der Waals surface area contributed by atoms with Gasteiger partial charge in [-0.2, -0.15) is 0 Å². The van der Waals surface area contributed by atoms with E-state index in [0.29, 0.717) is 67.5 Å². The number of aromatic carboxylic acids is 2. The van der Waals surface area contributed by atoms with Crippen LogP contribution in [0, 0.1) is 0 Å². The smallest absolute Gasteiger partial charge is 0.335 e. The predicted octanol–water partition coefficient (Wildman–Crippen LogP) is 9.59. The molecule has 282 valence electrons. The Kier molecular flexibility index (Phi) is 10.9. The molecule has 7 rings (SSSR count). The third-order valence-electron chi connectivity index (χ3n) is 9.13. The summed E-state index contributed by atoms with van der Waals surface area (Å²) in [6.07, 6.45) is 0. The molecule has 0 spiro atoms. The van der Waals surface area contributed by atoms with E-state index in [0.717, 1.165) is 0 Å². The second kappa shape index (κ2) is 16.6. The lowest BCUT2D eigenvalue weighted by Gasteiger charge is -2.09. The number of carboxylic acid groups (broad SMARTS) is 2. The van der Waals surface area contributed by atoms with Gasteiger partial charge in [-0.1, -0.05) is 48.5 Å². The van der Waals surface area contributed by atoms with Crippen LogP contribution in [0.3, 0.4) is 0 Å². The number of ketones is 4. The summed E-state index contributed by atoms with van der Waals surface area (Å²) >= 11 is 0. The van der Waals surface area contributed by atoms with Crippen LogP contribution >= 0.6 is 0 Å². The van der Waals surface area contributed by atoms with E-state index in [-0.39, 0.29) is 34.3 Å². The van der Waals surface area contributed by atoms with Crippen molar-refractivity contribution >= 4 is 35.1 Å². The Morgan fingerprint density at radius 1 is 0.241 bits per heavy atom. The molecule has 0 saturated carbocycles. The summed E-state index contributed by atoms with van der Waals surface area (Å²) in [5.74, 6) is -1.22. The van der Waals surface area contributed by atoms with E-state index < -0.39 is 11.9 Å². The summed E-state index contributed by atoms with van der Waals surface area (Å²) in [6, 6.07) is 44.0. The molecular weight excluding hydrogens is 737 g/mol. The lowest BCUT2D eigenvalue weighted by atomic mass is 9.98. The molecule has 0 aliphatic carbocycles. The monoisotopic (exact) mass is 766 g/mol. The minimum atomic E-state index is -1.07. The lowest BCUT2D eigenvalue weighted by Crippen LogP contribution is -2.04. The Morgan fingerprint density at radius 2 is 0.379 bits per heavy atom. The first kappa shape index (κ1) is 38.1. The zero-order valence-corrected chi connectivity index (χ0v) is 30.3. The number of carbonyl (C=O) groups is 6. The van der Waals surface area contributed by atoms with Crippen LogP contribution in [0.2, 0.25) is 0 Å². The van der Waals surface area contributed by atoms with Gasteiger partial charge in [-0.3, -0.25) is 19.2 Å². The van der Waals surface area contributed by atoms with Crippen LogP contribution in [0.15, 0.2) is 170 Å². The van der Waals surface area contributed by atoms with Crippen LogP contribution in [0.25, 0.3) is 0 Å². The van der Waals surface area contributed by atoms with Gasteiger partial charge in [-0.25, -0.2) is 9.59 Å². The van der Waals surface area contributed by atoms with E-state index >= 15 is 0 Å². The molecule has 0 saturated heterocycles. The van der Waals surface area contributed by atoms with Crippen molar-refractivity contribution in [3.05, 3.63) is 225 Å². The Hall–Kier alpha value is -8.24. The van der Waals surface area contributed by atoms with Gasteiger partial charge in [0.25, 0.3) is 0 Å². The molecule has 58 heavy (non-hydrogen) atoms. The molecule has 0 aliphatic heterocycles. The largest absolute Gasteiger partial charge is 0.478 e. The first-order valence-electron chi connectivity index (χ1n) is 17.7. The molecule has 2 N–H and O–H groups in total. The number of hydrogen-bond donors (Lipinski definition) is 2. The van der Waals surface area contributed by atoms with Crippen molar-refractivity contribution in [2.24, 2.45) is 0 Å². The third kappa shape index (κ3) is 8.67. The Balaban J connectivity index is 0.916. The average molecular weight is 767 g/mol. The molecule has 0 heterocycles. The second-order valence-corrected chi connectivity index (χ2v) is 13.0. The first-order valence-corrected chi connectivity index (χ1v) is 17.7. The first-order chi connectivity index (χ1) is 28.0.